The Kier molecular flexibility index (Phi) is 4.60. The summed E-state index contributed by atoms with van der Waals surface area (Å²) in [4.78, 5) is 12.9. The molecule has 2 N–H and O–H groups in total. The molecule has 0 atom stereocenters. The molecule has 1 aliphatic rings. The number of piperidine rings is 1. The normalized spacial score (nSPS) is 17.8. The minimum absolute atomic E-state index is 0.109. The number of carboxylic acid groups (broad SMARTS) is 1. The van der Waals surface area contributed by atoms with Gasteiger partial charge in [-0.25, -0.2) is 4.79 Å². The van der Waals surface area contributed by atoms with Crippen LogP contribution in [0.25, 0.3) is 0 Å². The van der Waals surface area contributed by atoms with Crippen molar-refractivity contribution in [1.82, 2.24) is 20.0 Å². The van der Waals surface area contributed by atoms with E-state index in [1.54, 1.807) is 6.20 Å². The highest BCUT2D eigenvalue weighted by Gasteiger charge is 2.19. The summed E-state index contributed by atoms with van der Waals surface area (Å²) < 4.78 is 2.90. The van der Waals surface area contributed by atoms with E-state index in [0.29, 0.717) is 0 Å². The molecule has 0 spiro atoms. The third-order valence-corrected chi connectivity index (χ3v) is 3.57. The fourth-order valence-corrected chi connectivity index (χ4v) is 2.51. The van der Waals surface area contributed by atoms with Gasteiger partial charge in [-0.3, -0.25) is 4.68 Å². The molecular weight excluding hydrogens is 300 g/mol. The number of likely N-dealkylation sites (tertiary alicyclic amines) is 1. The van der Waals surface area contributed by atoms with E-state index < -0.39 is 6.09 Å². The fraction of sp³-hybridized carbons (Fsp3) is 0.636. The number of nitrogens with zero attached hydrogens (tertiary/aromatic N) is 3. The first-order valence-corrected chi connectivity index (χ1v) is 6.82. The van der Waals surface area contributed by atoms with Gasteiger partial charge in [0.1, 0.15) is 0 Å². The highest BCUT2D eigenvalue weighted by Crippen LogP contribution is 2.11. The first kappa shape index (κ1) is 13.4. The molecule has 1 aliphatic heterocycles. The molecule has 0 aromatic carbocycles. The maximum absolute atomic E-state index is 10.5. The Bertz CT molecular complexity index is 402. The van der Waals surface area contributed by atoms with Crippen molar-refractivity contribution in [3.05, 3.63) is 16.9 Å². The zero-order valence-electron chi connectivity index (χ0n) is 10.0. The number of amides is 1. The van der Waals surface area contributed by atoms with Crippen molar-refractivity contribution in [2.75, 3.05) is 19.6 Å². The predicted octanol–water partition coefficient (Wildman–Crippen LogP) is 1.38. The summed E-state index contributed by atoms with van der Waals surface area (Å²) in [5.74, 6) is 0. The molecule has 18 heavy (non-hydrogen) atoms. The van der Waals surface area contributed by atoms with Crippen molar-refractivity contribution >= 4 is 22.0 Å². The largest absolute Gasteiger partial charge is 0.465 e. The summed E-state index contributed by atoms with van der Waals surface area (Å²) in [5, 5.41) is 15.4. The molecular formula is C11H17BrN4O2. The molecule has 0 bridgehead atoms. The number of carbonyl (C=O) groups is 1. The van der Waals surface area contributed by atoms with Crippen LogP contribution >= 0.6 is 15.9 Å². The number of hydrogen-bond donors (Lipinski definition) is 2. The summed E-state index contributed by atoms with van der Waals surface area (Å²) in [6, 6.07) is 0.109. The van der Waals surface area contributed by atoms with Crippen molar-refractivity contribution in [1.29, 1.82) is 0 Å². The van der Waals surface area contributed by atoms with E-state index in [4.69, 9.17) is 5.11 Å². The Balaban J connectivity index is 1.69. The molecule has 0 aliphatic carbocycles. The molecule has 0 saturated carbocycles. The lowest BCUT2D eigenvalue weighted by atomic mass is 10.1. The van der Waals surface area contributed by atoms with Crippen molar-refractivity contribution in [2.45, 2.75) is 25.4 Å². The second-order valence-electron chi connectivity index (χ2n) is 4.49. The maximum Gasteiger partial charge on any atom is 0.404 e. The smallest absolute Gasteiger partial charge is 0.404 e. The lowest BCUT2D eigenvalue weighted by Crippen LogP contribution is -2.44. The number of rotatable bonds is 4. The van der Waals surface area contributed by atoms with Gasteiger partial charge in [-0.05, 0) is 28.8 Å². The van der Waals surface area contributed by atoms with Gasteiger partial charge in [-0.15, -0.1) is 0 Å². The third-order valence-electron chi connectivity index (χ3n) is 3.16. The molecule has 0 unspecified atom stereocenters. The topological polar surface area (TPSA) is 70.4 Å². The minimum Gasteiger partial charge on any atom is -0.465 e. The van der Waals surface area contributed by atoms with Crippen molar-refractivity contribution in [2.24, 2.45) is 0 Å². The summed E-state index contributed by atoms with van der Waals surface area (Å²) in [5.41, 5.74) is 0. The zero-order valence-corrected chi connectivity index (χ0v) is 11.6. The van der Waals surface area contributed by atoms with Gasteiger partial charge in [0.15, 0.2) is 0 Å². The standard InChI is InChI=1S/C11H17BrN4O2/c12-9-7-13-16(8-9)6-5-15-3-1-10(2-4-15)14-11(17)18/h7-8,10,14H,1-6H2,(H,17,18). The fourth-order valence-electron chi connectivity index (χ4n) is 2.18. The van der Waals surface area contributed by atoms with Crippen LogP contribution in [0.3, 0.4) is 0 Å². The number of nitrogens with one attached hydrogen (secondary N) is 1. The van der Waals surface area contributed by atoms with E-state index in [2.05, 4.69) is 31.2 Å². The van der Waals surface area contributed by atoms with E-state index in [9.17, 15) is 4.79 Å². The van der Waals surface area contributed by atoms with Gasteiger partial charge in [0.05, 0.1) is 17.2 Å². The zero-order chi connectivity index (χ0) is 13.0. The molecule has 1 amide bonds. The molecule has 0 radical (unpaired) electrons. The Hall–Kier alpha value is -1.08. The summed E-state index contributed by atoms with van der Waals surface area (Å²) >= 11 is 3.37. The second kappa shape index (κ2) is 6.19. The van der Waals surface area contributed by atoms with Crippen LogP contribution in [0.4, 0.5) is 4.79 Å². The SMILES string of the molecule is O=C(O)NC1CCN(CCn2cc(Br)cn2)CC1. The first-order valence-electron chi connectivity index (χ1n) is 6.03. The molecule has 1 saturated heterocycles. The van der Waals surface area contributed by atoms with Crippen LogP contribution in [0.15, 0.2) is 16.9 Å². The van der Waals surface area contributed by atoms with Gasteiger partial charge in [-0.1, -0.05) is 0 Å². The van der Waals surface area contributed by atoms with Crippen LogP contribution in [-0.2, 0) is 6.54 Å². The van der Waals surface area contributed by atoms with Gasteiger partial charge >= 0.3 is 6.09 Å². The molecule has 1 fully saturated rings. The maximum atomic E-state index is 10.5. The van der Waals surface area contributed by atoms with E-state index >= 15 is 0 Å². The third kappa shape index (κ3) is 3.99. The molecule has 2 rings (SSSR count). The number of aromatic nitrogens is 2. The monoisotopic (exact) mass is 316 g/mol. The summed E-state index contributed by atoms with van der Waals surface area (Å²) in [7, 11) is 0. The van der Waals surface area contributed by atoms with Crippen molar-refractivity contribution in [3.8, 4) is 0 Å². The first-order chi connectivity index (χ1) is 8.63. The van der Waals surface area contributed by atoms with Gasteiger partial charge in [0, 0.05) is 31.9 Å². The van der Waals surface area contributed by atoms with Crippen LogP contribution in [0.5, 0.6) is 0 Å². The molecule has 2 heterocycles. The minimum atomic E-state index is -0.921. The molecule has 1 aromatic rings. The summed E-state index contributed by atoms with van der Waals surface area (Å²) in [6.07, 6.45) is 4.58. The van der Waals surface area contributed by atoms with Gasteiger partial charge in [0.25, 0.3) is 0 Å². The van der Waals surface area contributed by atoms with Gasteiger partial charge in [-0.2, -0.15) is 5.10 Å². The molecule has 6 nitrogen and oxygen atoms in total. The average Bonchev–Trinajstić information content (AvgIpc) is 2.74. The Morgan fingerprint density at radius 1 is 1.50 bits per heavy atom. The van der Waals surface area contributed by atoms with Crippen LogP contribution < -0.4 is 5.32 Å². The van der Waals surface area contributed by atoms with Crippen LogP contribution in [-0.4, -0.2) is 51.6 Å². The Morgan fingerprint density at radius 3 is 2.78 bits per heavy atom. The second-order valence-corrected chi connectivity index (χ2v) is 5.40. The quantitative estimate of drug-likeness (QED) is 0.880. The molecule has 1 aromatic heterocycles. The van der Waals surface area contributed by atoms with E-state index in [-0.39, 0.29) is 6.04 Å². The number of halogens is 1. The van der Waals surface area contributed by atoms with E-state index in [1.807, 2.05) is 10.9 Å². The van der Waals surface area contributed by atoms with Crippen LogP contribution in [0, 0.1) is 0 Å². The number of hydrogen-bond acceptors (Lipinski definition) is 3. The highest BCUT2D eigenvalue weighted by atomic mass is 79.9. The van der Waals surface area contributed by atoms with Crippen LogP contribution in [0.1, 0.15) is 12.8 Å². The Morgan fingerprint density at radius 2 is 2.22 bits per heavy atom. The van der Waals surface area contributed by atoms with Gasteiger partial charge in [0.2, 0.25) is 0 Å². The predicted molar refractivity (Wildman–Crippen MR) is 70.5 cm³/mol. The van der Waals surface area contributed by atoms with Crippen molar-refractivity contribution in [3.63, 3.8) is 0 Å². The van der Waals surface area contributed by atoms with E-state index in [1.165, 1.54) is 0 Å². The Labute approximate surface area is 114 Å². The lowest BCUT2D eigenvalue weighted by Gasteiger charge is -2.31. The van der Waals surface area contributed by atoms with Crippen molar-refractivity contribution < 1.29 is 9.90 Å². The molecule has 7 heteroatoms. The summed E-state index contributed by atoms with van der Waals surface area (Å²) in [6.45, 7) is 3.69. The van der Waals surface area contributed by atoms with E-state index in [0.717, 1.165) is 43.5 Å². The average molecular weight is 317 g/mol. The lowest BCUT2D eigenvalue weighted by molar-refractivity contribution is 0.165. The van der Waals surface area contributed by atoms with Crippen LogP contribution in [0.2, 0.25) is 0 Å². The highest BCUT2D eigenvalue weighted by molar-refractivity contribution is 9.10. The molecule has 100 valence electrons. The van der Waals surface area contributed by atoms with Gasteiger partial charge < -0.3 is 15.3 Å².